The van der Waals surface area contributed by atoms with Crippen molar-refractivity contribution in [3.8, 4) is 0 Å². The molecule has 4 rings (SSSR count). The number of benzene rings is 2. The molecule has 0 fully saturated rings. The number of halogens is 2. The SMILES string of the molecule is O=C(Nc1ccc2c(c1)N(C(=O)c1ccco1)CC2)c1ccc(Cl)c(Cl)c1. The Kier molecular flexibility index (Phi) is 4.64. The zero-order valence-corrected chi connectivity index (χ0v) is 15.6. The standard InChI is InChI=1S/C20H14Cl2N2O3/c21-15-6-4-13(10-16(15)22)19(25)23-14-5-3-12-7-8-24(17(12)11-14)20(26)18-2-1-9-27-18/h1-6,9-11H,7-8H2,(H,23,25). The number of amides is 2. The molecule has 27 heavy (non-hydrogen) atoms. The van der Waals surface area contributed by atoms with Crippen LogP contribution < -0.4 is 10.2 Å². The summed E-state index contributed by atoms with van der Waals surface area (Å²) < 4.78 is 5.21. The molecular weight excluding hydrogens is 387 g/mol. The van der Waals surface area contributed by atoms with Crippen LogP contribution in [0.25, 0.3) is 0 Å². The van der Waals surface area contributed by atoms with Gasteiger partial charge in [0.15, 0.2) is 5.76 Å². The van der Waals surface area contributed by atoms with E-state index in [2.05, 4.69) is 5.32 Å². The highest BCUT2D eigenvalue weighted by atomic mass is 35.5. The highest BCUT2D eigenvalue weighted by Crippen LogP contribution is 2.32. The van der Waals surface area contributed by atoms with Crippen LogP contribution in [0.2, 0.25) is 10.0 Å². The van der Waals surface area contributed by atoms with Gasteiger partial charge in [0.05, 0.1) is 16.3 Å². The highest BCUT2D eigenvalue weighted by Gasteiger charge is 2.27. The molecule has 2 aromatic carbocycles. The van der Waals surface area contributed by atoms with Gasteiger partial charge in [-0.25, -0.2) is 0 Å². The van der Waals surface area contributed by atoms with Crippen LogP contribution >= 0.6 is 23.2 Å². The third-order valence-corrected chi connectivity index (χ3v) is 5.14. The Bertz CT molecular complexity index is 1030. The predicted octanol–water partition coefficient (Wildman–Crippen LogP) is 5.04. The Morgan fingerprint density at radius 2 is 1.89 bits per heavy atom. The van der Waals surface area contributed by atoms with Gasteiger partial charge < -0.3 is 14.6 Å². The van der Waals surface area contributed by atoms with Crippen LogP contribution in [0.15, 0.2) is 59.2 Å². The van der Waals surface area contributed by atoms with E-state index in [1.54, 1.807) is 35.2 Å². The van der Waals surface area contributed by atoms with E-state index in [0.29, 0.717) is 27.8 Å². The molecule has 1 aliphatic rings. The van der Waals surface area contributed by atoms with Crippen molar-refractivity contribution in [2.45, 2.75) is 6.42 Å². The zero-order valence-electron chi connectivity index (χ0n) is 14.0. The normalized spacial score (nSPS) is 12.7. The maximum Gasteiger partial charge on any atom is 0.293 e. The van der Waals surface area contributed by atoms with Gasteiger partial charge in [0.2, 0.25) is 0 Å². The Morgan fingerprint density at radius 1 is 1.04 bits per heavy atom. The summed E-state index contributed by atoms with van der Waals surface area (Å²) in [5.74, 6) is -0.227. The van der Waals surface area contributed by atoms with E-state index in [9.17, 15) is 9.59 Å². The number of anilines is 2. The Morgan fingerprint density at radius 3 is 2.63 bits per heavy atom. The van der Waals surface area contributed by atoms with Crippen molar-refractivity contribution < 1.29 is 14.0 Å². The largest absolute Gasteiger partial charge is 0.459 e. The molecule has 0 spiro atoms. The number of rotatable bonds is 3. The Balaban J connectivity index is 1.57. The van der Waals surface area contributed by atoms with E-state index in [4.69, 9.17) is 27.6 Å². The summed E-state index contributed by atoms with van der Waals surface area (Å²) in [4.78, 5) is 26.7. The molecule has 1 aliphatic heterocycles. The summed E-state index contributed by atoms with van der Waals surface area (Å²) in [7, 11) is 0. The van der Waals surface area contributed by atoms with Gasteiger partial charge >= 0.3 is 0 Å². The van der Waals surface area contributed by atoms with E-state index in [0.717, 1.165) is 17.7 Å². The molecule has 1 aromatic heterocycles. The van der Waals surface area contributed by atoms with Crippen LogP contribution in [0.5, 0.6) is 0 Å². The van der Waals surface area contributed by atoms with Crippen LogP contribution in [0, 0.1) is 0 Å². The van der Waals surface area contributed by atoms with Gasteiger partial charge in [-0.15, -0.1) is 0 Å². The van der Waals surface area contributed by atoms with Gasteiger partial charge in [-0.05, 0) is 54.4 Å². The van der Waals surface area contributed by atoms with Gasteiger partial charge in [-0.2, -0.15) is 0 Å². The Hall–Kier alpha value is -2.76. The van der Waals surface area contributed by atoms with E-state index in [1.165, 1.54) is 12.3 Å². The van der Waals surface area contributed by atoms with E-state index < -0.39 is 0 Å². The highest BCUT2D eigenvalue weighted by molar-refractivity contribution is 6.42. The van der Waals surface area contributed by atoms with E-state index in [1.807, 2.05) is 12.1 Å². The first-order valence-electron chi connectivity index (χ1n) is 8.27. The minimum absolute atomic E-state index is 0.202. The molecule has 0 saturated carbocycles. The number of furan rings is 1. The molecule has 136 valence electrons. The first kappa shape index (κ1) is 17.6. The third-order valence-electron chi connectivity index (χ3n) is 4.40. The molecule has 3 aromatic rings. The fourth-order valence-corrected chi connectivity index (χ4v) is 3.34. The molecule has 5 nitrogen and oxygen atoms in total. The fourth-order valence-electron chi connectivity index (χ4n) is 3.04. The van der Waals surface area contributed by atoms with Gasteiger partial charge in [0, 0.05) is 23.5 Å². The first-order valence-corrected chi connectivity index (χ1v) is 9.03. The topological polar surface area (TPSA) is 62.6 Å². The summed E-state index contributed by atoms with van der Waals surface area (Å²) in [5.41, 5.74) is 2.79. The molecule has 0 saturated heterocycles. The van der Waals surface area contributed by atoms with Crippen LogP contribution in [0.3, 0.4) is 0 Å². The molecule has 0 aliphatic carbocycles. The summed E-state index contributed by atoms with van der Waals surface area (Å²) in [6, 6.07) is 13.5. The minimum atomic E-state index is -0.310. The minimum Gasteiger partial charge on any atom is -0.459 e. The number of hydrogen-bond donors (Lipinski definition) is 1. The number of fused-ring (bicyclic) bond motifs is 1. The van der Waals surface area contributed by atoms with Crippen molar-refractivity contribution in [2.24, 2.45) is 0 Å². The second kappa shape index (κ2) is 7.10. The lowest BCUT2D eigenvalue weighted by Gasteiger charge is -2.17. The molecule has 0 bridgehead atoms. The average Bonchev–Trinajstić information content (AvgIpc) is 3.33. The summed E-state index contributed by atoms with van der Waals surface area (Å²) in [6.45, 7) is 0.569. The molecule has 2 heterocycles. The Labute approximate surface area is 165 Å². The van der Waals surface area contributed by atoms with Crippen LogP contribution in [-0.2, 0) is 6.42 Å². The second-order valence-electron chi connectivity index (χ2n) is 6.11. The molecule has 0 radical (unpaired) electrons. The fraction of sp³-hybridized carbons (Fsp3) is 0.100. The lowest BCUT2D eigenvalue weighted by molar-refractivity contribution is 0.0962. The van der Waals surface area contributed by atoms with Crippen LogP contribution in [0.1, 0.15) is 26.5 Å². The molecule has 2 amide bonds. The summed E-state index contributed by atoms with van der Waals surface area (Å²) in [5, 5.41) is 3.53. The number of carbonyl (C=O) groups is 2. The predicted molar refractivity (Wildman–Crippen MR) is 105 cm³/mol. The zero-order chi connectivity index (χ0) is 19.0. The molecular formula is C20H14Cl2N2O3. The molecule has 0 atom stereocenters. The summed E-state index contributed by atoms with van der Waals surface area (Å²) in [6.07, 6.45) is 2.22. The van der Waals surface area contributed by atoms with E-state index >= 15 is 0 Å². The molecule has 1 N–H and O–H groups in total. The maximum absolute atomic E-state index is 12.6. The van der Waals surface area contributed by atoms with Crippen molar-refractivity contribution in [3.63, 3.8) is 0 Å². The number of hydrogen-bond acceptors (Lipinski definition) is 3. The number of nitrogens with one attached hydrogen (secondary N) is 1. The lowest BCUT2D eigenvalue weighted by atomic mass is 10.1. The number of nitrogens with zero attached hydrogens (tertiary/aromatic N) is 1. The van der Waals surface area contributed by atoms with Gasteiger partial charge in [-0.3, -0.25) is 9.59 Å². The monoisotopic (exact) mass is 400 g/mol. The van der Waals surface area contributed by atoms with Crippen molar-refractivity contribution in [3.05, 3.63) is 81.7 Å². The molecule has 0 unspecified atom stereocenters. The van der Waals surface area contributed by atoms with Crippen molar-refractivity contribution in [1.82, 2.24) is 0 Å². The van der Waals surface area contributed by atoms with E-state index in [-0.39, 0.29) is 17.6 Å². The average molecular weight is 401 g/mol. The van der Waals surface area contributed by atoms with Crippen molar-refractivity contribution in [1.29, 1.82) is 0 Å². The maximum atomic E-state index is 12.6. The van der Waals surface area contributed by atoms with Crippen molar-refractivity contribution in [2.75, 3.05) is 16.8 Å². The van der Waals surface area contributed by atoms with Gasteiger partial charge in [0.1, 0.15) is 0 Å². The smallest absolute Gasteiger partial charge is 0.293 e. The lowest BCUT2D eigenvalue weighted by Crippen LogP contribution is -2.28. The van der Waals surface area contributed by atoms with Crippen molar-refractivity contribution >= 4 is 46.4 Å². The van der Waals surface area contributed by atoms with Crippen LogP contribution in [-0.4, -0.2) is 18.4 Å². The summed E-state index contributed by atoms with van der Waals surface area (Å²) >= 11 is 11.9. The number of carbonyl (C=O) groups excluding carboxylic acids is 2. The van der Waals surface area contributed by atoms with Gasteiger partial charge in [0.25, 0.3) is 11.8 Å². The molecule has 7 heteroatoms. The quantitative estimate of drug-likeness (QED) is 0.669. The first-order chi connectivity index (χ1) is 13.0. The van der Waals surface area contributed by atoms with Crippen LogP contribution in [0.4, 0.5) is 11.4 Å². The second-order valence-corrected chi connectivity index (χ2v) is 6.92. The third kappa shape index (κ3) is 3.44. The van der Waals surface area contributed by atoms with Gasteiger partial charge in [-0.1, -0.05) is 29.3 Å².